The highest BCUT2D eigenvalue weighted by molar-refractivity contribution is 14.1. The summed E-state index contributed by atoms with van der Waals surface area (Å²) < 4.78 is 0.427. The number of benzene rings is 2. The Bertz CT molecular complexity index is 930. The molecule has 31 heavy (non-hydrogen) atoms. The van der Waals surface area contributed by atoms with E-state index in [1.54, 1.807) is 0 Å². The smallest absolute Gasteiger partial charge is 0.0552 e. The van der Waals surface area contributed by atoms with Crippen molar-refractivity contribution in [3.8, 4) is 0 Å². The fourth-order valence-corrected chi connectivity index (χ4v) is 6.29. The van der Waals surface area contributed by atoms with Crippen LogP contribution in [0.25, 0.3) is 0 Å². The van der Waals surface area contributed by atoms with E-state index in [0.717, 1.165) is 12.8 Å². The maximum Gasteiger partial charge on any atom is 0.0552 e. The molecule has 0 heterocycles. The van der Waals surface area contributed by atoms with Crippen molar-refractivity contribution < 1.29 is 0 Å². The fourth-order valence-electron chi connectivity index (χ4n) is 3.93. The second-order valence-electron chi connectivity index (χ2n) is 8.76. The molecular formula is C28H28I2S. The SMILES string of the molecule is CC1(I)C=CC(C(SC(C2=CCC(C)(I)C=C2)c2ccccc2)c2ccccc2)=CC1. The van der Waals surface area contributed by atoms with Crippen LogP contribution in [0.5, 0.6) is 0 Å². The third kappa shape index (κ3) is 6.17. The highest BCUT2D eigenvalue weighted by Gasteiger charge is 2.29. The molecule has 0 bridgehead atoms. The normalized spacial score (nSPS) is 27.4. The number of alkyl halides is 2. The topological polar surface area (TPSA) is 0 Å². The molecule has 4 atom stereocenters. The van der Waals surface area contributed by atoms with E-state index in [9.17, 15) is 0 Å². The molecule has 0 saturated heterocycles. The van der Waals surface area contributed by atoms with Gasteiger partial charge in [0, 0.05) is 6.84 Å². The zero-order valence-electron chi connectivity index (χ0n) is 18.0. The summed E-state index contributed by atoms with van der Waals surface area (Å²) >= 11 is 7.18. The van der Waals surface area contributed by atoms with Gasteiger partial charge in [0.15, 0.2) is 0 Å². The molecular weight excluding hydrogens is 622 g/mol. The second-order valence-corrected chi connectivity index (χ2v) is 14.9. The number of hydrogen-bond donors (Lipinski definition) is 0. The van der Waals surface area contributed by atoms with E-state index in [4.69, 9.17) is 0 Å². The van der Waals surface area contributed by atoms with Crippen molar-refractivity contribution in [1.82, 2.24) is 0 Å². The summed E-state index contributed by atoms with van der Waals surface area (Å²) in [5.41, 5.74) is 5.59. The Hall–Kier alpha value is -0.790. The third-order valence-corrected chi connectivity index (χ3v) is 9.04. The maximum absolute atomic E-state index is 2.56. The Balaban J connectivity index is 1.71. The van der Waals surface area contributed by atoms with E-state index >= 15 is 0 Å². The molecule has 0 amide bonds. The number of rotatable bonds is 6. The molecule has 0 spiro atoms. The largest absolute Gasteiger partial charge is 0.136 e. The first-order valence-electron chi connectivity index (χ1n) is 10.7. The summed E-state index contributed by atoms with van der Waals surface area (Å²) in [5.74, 6) is 0. The maximum atomic E-state index is 2.56. The van der Waals surface area contributed by atoms with Crippen LogP contribution in [0.15, 0.2) is 108 Å². The summed E-state index contributed by atoms with van der Waals surface area (Å²) in [6.45, 7) is 4.60. The predicted octanol–water partition coefficient (Wildman–Crippen LogP) is 9.36. The molecule has 0 saturated carbocycles. The van der Waals surface area contributed by atoms with Crippen molar-refractivity contribution in [3.63, 3.8) is 0 Å². The molecule has 0 nitrogen and oxygen atoms in total. The van der Waals surface area contributed by atoms with Gasteiger partial charge in [-0.25, -0.2) is 0 Å². The van der Waals surface area contributed by atoms with E-state index in [0.29, 0.717) is 10.5 Å². The summed E-state index contributed by atoms with van der Waals surface area (Å²) in [6.07, 6.45) is 16.5. The van der Waals surface area contributed by atoms with Gasteiger partial charge in [0.2, 0.25) is 0 Å². The zero-order chi connectivity index (χ0) is 21.9. The van der Waals surface area contributed by atoms with E-state index in [1.165, 1.54) is 22.3 Å². The molecule has 2 aromatic carbocycles. The van der Waals surface area contributed by atoms with Crippen molar-refractivity contribution >= 4 is 56.9 Å². The van der Waals surface area contributed by atoms with Gasteiger partial charge in [-0.2, -0.15) is 0 Å². The Morgan fingerprint density at radius 1 is 0.677 bits per heavy atom. The van der Waals surface area contributed by atoms with Gasteiger partial charge in [0.25, 0.3) is 0 Å². The molecule has 2 aliphatic rings. The van der Waals surface area contributed by atoms with Gasteiger partial charge in [0.05, 0.1) is 10.5 Å². The zero-order valence-corrected chi connectivity index (χ0v) is 23.1. The third-order valence-electron chi connectivity index (χ3n) is 5.80. The lowest BCUT2D eigenvalue weighted by Crippen LogP contribution is -2.16. The number of allylic oxidation sites excluding steroid dienone is 6. The van der Waals surface area contributed by atoms with Gasteiger partial charge in [-0.05, 0) is 49.0 Å². The Kier molecular flexibility index (Phi) is 7.54. The lowest BCUT2D eigenvalue weighted by molar-refractivity contribution is 0.818. The van der Waals surface area contributed by atoms with Crippen LogP contribution in [-0.2, 0) is 0 Å². The first-order chi connectivity index (χ1) is 14.8. The lowest BCUT2D eigenvalue weighted by atomic mass is 9.93. The van der Waals surface area contributed by atoms with Gasteiger partial charge < -0.3 is 0 Å². The van der Waals surface area contributed by atoms with Crippen molar-refractivity contribution in [2.75, 3.05) is 0 Å². The number of thioether (sulfide) groups is 1. The van der Waals surface area contributed by atoms with Gasteiger partial charge >= 0.3 is 0 Å². The van der Waals surface area contributed by atoms with Crippen LogP contribution in [0, 0.1) is 0 Å². The molecule has 160 valence electrons. The Labute approximate surface area is 218 Å². The highest BCUT2D eigenvalue weighted by atomic mass is 127. The summed E-state index contributed by atoms with van der Waals surface area (Å²) in [7, 11) is 0. The number of halogens is 2. The Morgan fingerprint density at radius 3 is 1.39 bits per heavy atom. The van der Waals surface area contributed by atoms with Crippen molar-refractivity contribution in [3.05, 3.63) is 119 Å². The molecule has 2 aromatic rings. The average molecular weight is 650 g/mol. The van der Waals surface area contributed by atoms with Crippen molar-refractivity contribution in [1.29, 1.82) is 0 Å². The summed E-state index contributed by atoms with van der Waals surface area (Å²) in [5, 5.41) is 0.606. The minimum Gasteiger partial charge on any atom is -0.136 e. The van der Waals surface area contributed by atoms with E-state index in [2.05, 4.69) is 168 Å². The number of hydrogen-bond acceptors (Lipinski definition) is 1. The second kappa shape index (κ2) is 10.0. The van der Waals surface area contributed by atoms with Gasteiger partial charge in [-0.3, -0.25) is 0 Å². The molecule has 0 aromatic heterocycles. The quantitative estimate of drug-likeness (QED) is 0.222. The standard InChI is InChI=1S/C28H28I2S/c1-27(29)17-13-23(14-18-27)25(21-9-5-3-6-10-21)31-26(22-11-7-4-8-12-22)24-15-19-28(2,30)20-16-24/h3-17,19,25-26H,18,20H2,1-2H3. The van der Waals surface area contributed by atoms with Gasteiger partial charge in [-0.15, -0.1) is 11.8 Å². The minimum atomic E-state index is 0.214. The van der Waals surface area contributed by atoms with E-state index in [-0.39, 0.29) is 6.84 Å². The van der Waals surface area contributed by atoms with Crippen molar-refractivity contribution in [2.24, 2.45) is 0 Å². The van der Waals surface area contributed by atoms with Gasteiger partial charge in [0.1, 0.15) is 0 Å². The first kappa shape index (κ1) is 23.4. The predicted molar refractivity (Wildman–Crippen MR) is 154 cm³/mol. The van der Waals surface area contributed by atoms with Crippen molar-refractivity contribution in [2.45, 2.75) is 44.0 Å². The van der Waals surface area contributed by atoms with Crippen LogP contribution in [0.1, 0.15) is 48.3 Å². The van der Waals surface area contributed by atoms with Crippen LogP contribution in [0.3, 0.4) is 0 Å². The van der Waals surface area contributed by atoms with Crippen LogP contribution >= 0.6 is 56.9 Å². The van der Waals surface area contributed by atoms with Crippen LogP contribution in [-0.4, -0.2) is 6.84 Å². The lowest BCUT2D eigenvalue weighted by Gasteiger charge is -2.31. The average Bonchev–Trinajstić information content (AvgIpc) is 2.77. The molecule has 0 radical (unpaired) electrons. The monoisotopic (exact) mass is 650 g/mol. The Morgan fingerprint density at radius 2 is 1.06 bits per heavy atom. The summed E-state index contributed by atoms with van der Waals surface area (Å²) in [4.78, 5) is 0. The van der Waals surface area contributed by atoms with Crippen LogP contribution in [0.2, 0.25) is 0 Å². The summed E-state index contributed by atoms with van der Waals surface area (Å²) in [6, 6.07) is 22.0. The van der Waals surface area contributed by atoms with Crippen LogP contribution < -0.4 is 0 Å². The van der Waals surface area contributed by atoms with E-state index < -0.39 is 0 Å². The molecule has 2 aliphatic carbocycles. The fraction of sp³-hybridized carbons (Fsp3) is 0.286. The van der Waals surface area contributed by atoms with E-state index in [1.807, 2.05) is 0 Å². The molecule has 0 fully saturated rings. The molecule has 4 rings (SSSR count). The minimum absolute atomic E-state index is 0.214. The highest BCUT2D eigenvalue weighted by Crippen LogP contribution is 2.51. The first-order valence-corrected chi connectivity index (χ1v) is 13.8. The molecule has 0 aliphatic heterocycles. The molecule has 0 N–H and O–H groups in total. The van der Waals surface area contributed by atoms with Crippen LogP contribution in [0.4, 0.5) is 0 Å². The van der Waals surface area contributed by atoms with Gasteiger partial charge in [-0.1, -0.05) is 142 Å². The molecule has 4 unspecified atom stereocenters. The molecule has 3 heteroatoms.